The topological polar surface area (TPSA) is 34.6 Å². The smallest absolute Gasteiger partial charge is 0.216 e. The van der Waals surface area contributed by atoms with E-state index in [0.29, 0.717) is 17.1 Å². The van der Waals surface area contributed by atoms with Gasteiger partial charge in [-0.25, -0.2) is 4.68 Å². The van der Waals surface area contributed by atoms with E-state index in [9.17, 15) is 0 Å². The number of benzene rings is 1. The Kier molecular flexibility index (Phi) is 5.75. The van der Waals surface area contributed by atoms with Crippen molar-refractivity contribution in [3.63, 3.8) is 0 Å². The van der Waals surface area contributed by atoms with Crippen molar-refractivity contribution in [2.45, 2.75) is 63.7 Å². The Morgan fingerprint density at radius 3 is 2.74 bits per heavy atom. The highest BCUT2D eigenvalue weighted by Crippen LogP contribution is 2.48. The van der Waals surface area contributed by atoms with Crippen LogP contribution in [0.2, 0.25) is 0 Å². The summed E-state index contributed by atoms with van der Waals surface area (Å²) in [5.41, 5.74) is 7.58. The molecule has 38 heavy (non-hydrogen) atoms. The summed E-state index contributed by atoms with van der Waals surface area (Å²) < 4.78 is 5.92. The molecular weight excluding hydrogens is 505 g/mol. The van der Waals surface area contributed by atoms with Gasteiger partial charge in [0.1, 0.15) is 5.69 Å². The number of pyridine rings is 1. The largest absolute Gasteiger partial charge is 0.220 e. The summed E-state index contributed by atoms with van der Waals surface area (Å²) in [6, 6.07) is 13.6. The van der Waals surface area contributed by atoms with Gasteiger partial charge in [0, 0.05) is 51.0 Å². The molecule has 0 fully saturated rings. The third-order valence-corrected chi connectivity index (χ3v) is 11.3. The molecule has 0 bridgehead atoms. The van der Waals surface area contributed by atoms with Gasteiger partial charge in [0.2, 0.25) is 5.69 Å². The zero-order valence-corrected chi connectivity index (χ0v) is 24.0. The van der Waals surface area contributed by atoms with Gasteiger partial charge in [0.05, 0.1) is 17.4 Å². The van der Waals surface area contributed by atoms with Gasteiger partial charge in [0.25, 0.3) is 0 Å². The van der Waals surface area contributed by atoms with E-state index in [2.05, 4.69) is 115 Å². The second kappa shape index (κ2) is 9.06. The van der Waals surface area contributed by atoms with Crippen molar-refractivity contribution >= 4 is 40.2 Å². The Labute approximate surface area is 232 Å². The van der Waals surface area contributed by atoms with Gasteiger partial charge in [-0.15, -0.1) is 28.2 Å². The third-order valence-electron chi connectivity index (χ3n) is 9.04. The van der Waals surface area contributed by atoms with Gasteiger partial charge in [-0.3, -0.25) is 0 Å². The number of thioether (sulfide) groups is 1. The predicted molar refractivity (Wildman–Crippen MR) is 159 cm³/mol. The fourth-order valence-corrected chi connectivity index (χ4v) is 9.23. The minimum Gasteiger partial charge on any atom is -0.220 e. The van der Waals surface area contributed by atoms with Gasteiger partial charge in [-0.05, 0) is 53.8 Å². The summed E-state index contributed by atoms with van der Waals surface area (Å²) in [6.45, 7) is 9.28. The van der Waals surface area contributed by atoms with Gasteiger partial charge in [0.15, 0.2) is 11.7 Å². The number of allylic oxidation sites excluding steroid dienone is 1. The molecule has 4 aromatic rings. The van der Waals surface area contributed by atoms with Crippen molar-refractivity contribution in [2.75, 3.05) is 0 Å². The normalized spacial score (nSPS) is 22.4. The number of thiophene rings is 1. The molecule has 0 radical (unpaired) electrons. The first-order valence-corrected chi connectivity index (χ1v) is 15.6. The summed E-state index contributed by atoms with van der Waals surface area (Å²) in [6.07, 6.45) is 14.9. The molecule has 7 rings (SSSR count). The van der Waals surface area contributed by atoms with Crippen LogP contribution in [-0.4, -0.2) is 20.2 Å². The molecule has 1 aromatic carbocycles. The number of rotatable bonds is 5. The van der Waals surface area contributed by atoms with Crippen LogP contribution in [0.4, 0.5) is 0 Å². The van der Waals surface area contributed by atoms with Crippen LogP contribution >= 0.6 is 23.1 Å². The number of aromatic nitrogens is 4. The summed E-state index contributed by atoms with van der Waals surface area (Å²) in [5.74, 6) is 0.904. The minimum absolute atomic E-state index is 0.103. The number of hydrogen-bond acceptors (Lipinski definition) is 4. The molecule has 5 heterocycles. The molecule has 2 aliphatic heterocycles. The number of hydrogen-bond donors (Lipinski definition) is 0. The van der Waals surface area contributed by atoms with Crippen LogP contribution in [0.3, 0.4) is 0 Å². The Morgan fingerprint density at radius 1 is 1.05 bits per heavy atom. The first-order chi connectivity index (χ1) is 18.6. The summed E-state index contributed by atoms with van der Waals surface area (Å²) in [5, 5.41) is 13.2. The molecular formula is C32H33N4S2+. The Bertz CT molecular complexity index is 1710. The summed E-state index contributed by atoms with van der Waals surface area (Å²) in [7, 11) is 0. The fourth-order valence-electron chi connectivity index (χ4n) is 7.09. The van der Waals surface area contributed by atoms with Crippen molar-refractivity contribution < 1.29 is 4.57 Å². The van der Waals surface area contributed by atoms with Crippen LogP contribution in [0.25, 0.3) is 34.0 Å². The first-order valence-electron chi connectivity index (χ1n) is 13.8. The summed E-state index contributed by atoms with van der Waals surface area (Å²) >= 11 is 3.73. The Hall–Kier alpha value is -2.96. The van der Waals surface area contributed by atoms with Crippen molar-refractivity contribution in [3.05, 3.63) is 86.8 Å². The van der Waals surface area contributed by atoms with Gasteiger partial charge >= 0.3 is 0 Å². The van der Waals surface area contributed by atoms with E-state index in [-0.39, 0.29) is 5.54 Å². The molecule has 192 valence electrons. The van der Waals surface area contributed by atoms with Crippen molar-refractivity contribution in [2.24, 2.45) is 5.92 Å². The van der Waals surface area contributed by atoms with Gasteiger partial charge in [-0.2, -0.15) is 4.57 Å². The Balaban J connectivity index is 1.28. The average molecular weight is 538 g/mol. The molecule has 3 aromatic heterocycles. The molecule has 4 nitrogen and oxygen atoms in total. The lowest BCUT2D eigenvalue weighted by atomic mass is 9.69. The van der Waals surface area contributed by atoms with Crippen LogP contribution < -0.4 is 14.3 Å². The molecule has 3 unspecified atom stereocenters. The highest BCUT2D eigenvalue weighted by atomic mass is 32.2. The monoisotopic (exact) mass is 537 g/mol. The van der Waals surface area contributed by atoms with E-state index >= 15 is 0 Å². The van der Waals surface area contributed by atoms with E-state index in [1.54, 1.807) is 0 Å². The second-order valence-corrected chi connectivity index (χ2v) is 12.9. The lowest BCUT2D eigenvalue weighted by Gasteiger charge is -2.40. The maximum Gasteiger partial charge on any atom is 0.216 e. The van der Waals surface area contributed by atoms with Crippen LogP contribution in [0.15, 0.2) is 60.2 Å². The number of nitrogens with zero attached hydrogens (tertiary/aromatic N) is 4. The maximum absolute atomic E-state index is 4.62. The van der Waals surface area contributed by atoms with E-state index in [0.717, 1.165) is 30.6 Å². The fraction of sp³-hybridized carbons (Fsp3) is 0.344. The van der Waals surface area contributed by atoms with Crippen LogP contribution in [0.5, 0.6) is 0 Å². The molecule has 0 saturated carbocycles. The highest BCUT2D eigenvalue weighted by Gasteiger charge is 2.50. The average Bonchev–Trinajstić information content (AvgIpc) is 3.69. The lowest BCUT2D eigenvalue weighted by molar-refractivity contribution is -0.763. The van der Waals surface area contributed by atoms with Crippen molar-refractivity contribution in [3.8, 4) is 16.9 Å². The first kappa shape index (κ1) is 24.1. The van der Waals surface area contributed by atoms with Crippen LogP contribution in [0.1, 0.15) is 62.8 Å². The van der Waals surface area contributed by atoms with Crippen LogP contribution in [0, 0.1) is 12.8 Å². The van der Waals surface area contributed by atoms with Crippen molar-refractivity contribution in [1.29, 1.82) is 0 Å². The zero-order chi connectivity index (χ0) is 26.0. The third kappa shape index (κ3) is 3.46. The predicted octanol–water partition coefficient (Wildman–Crippen LogP) is 5.96. The molecule has 3 aliphatic rings. The molecule has 1 aliphatic carbocycles. The minimum atomic E-state index is 0.103. The Morgan fingerprint density at radius 2 is 1.92 bits per heavy atom. The van der Waals surface area contributed by atoms with E-state index in [4.69, 9.17) is 0 Å². The molecule has 0 spiro atoms. The van der Waals surface area contributed by atoms with E-state index in [1.165, 1.54) is 37.0 Å². The standard InChI is InChI=1S/C32H33N4S2/c1-5-26-24-11-10-23(18-25(24)31-20(4)9-8-13-35(31)32(26,6-2)7-3)36-19-27(33-34-36)30-17-22-16-28-21(12-14-37-28)15-29(22)38-30/h8-19,22,26,29H,5-7H2,1-4H3/q+1. The second-order valence-electron chi connectivity index (χ2n) is 10.8. The van der Waals surface area contributed by atoms with Gasteiger partial charge < -0.3 is 0 Å². The summed E-state index contributed by atoms with van der Waals surface area (Å²) in [4.78, 5) is 1.23. The highest BCUT2D eigenvalue weighted by molar-refractivity contribution is 8.09. The lowest BCUT2D eigenvalue weighted by Crippen LogP contribution is -2.62. The molecule has 0 amide bonds. The molecule has 6 heteroatoms. The van der Waals surface area contributed by atoms with Gasteiger partial charge in [-0.1, -0.05) is 50.3 Å². The van der Waals surface area contributed by atoms with E-state index in [1.807, 2.05) is 27.8 Å². The van der Waals surface area contributed by atoms with Crippen LogP contribution in [-0.2, 0) is 5.54 Å². The molecule has 3 atom stereocenters. The van der Waals surface area contributed by atoms with E-state index < -0.39 is 0 Å². The maximum atomic E-state index is 4.62. The molecule has 0 saturated heterocycles. The zero-order valence-electron chi connectivity index (χ0n) is 22.4. The SMILES string of the molecule is CCC1c2ccc(-n3cc(C4=CC5C=c6sccc6=CC5S4)nn3)cc2-c2c(C)ccc[n+]2C1(CC)CC. The number of fused-ring (bicyclic) bond motifs is 5. The molecule has 0 N–H and O–H groups in total. The quantitative estimate of drug-likeness (QED) is 0.295. The number of aryl methyl sites for hydroxylation is 1. The van der Waals surface area contributed by atoms with Crippen molar-refractivity contribution in [1.82, 2.24) is 15.0 Å².